The summed E-state index contributed by atoms with van der Waals surface area (Å²) in [7, 11) is 1.30. The standard InChI is InChI=1S/C11H16ClF3N2O3S/c1-8(2)10-16-9(21(12,18)19)6-17(10)4-3-5-20-7-11(13,14)15/h6,8H,3-5,7H2,1-2H3. The maximum atomic E-state index is 11.9. The molecule has 1 aromatic heterocycles. The summed E-state index contributed by atoms with van der Waals surface area (Å²) in [4.78, 5) is 3.94. The Labute approximate surface area is 125 Å². The van der Waals surface area contributed by atoms with E-state index >= 15 is 0 Å². The van der Waals surface area contributed by atoms with Crippen LogP contribution in [0.15, 0.2) is 11.2 Å². The van der Waals surface area contributed by atoms with Crippen molar-refractivity contribution >= 4 is 19.7 Å². The molecule has 0 atom stereocenters. The number of alkyl halides is 3. The first-order valence-corrected chi connectivity index (χ1v) is 8.48. The molecule has 1 aromatic rings. The second kappa shape index (κ2) is 6.97. The van der Waals surface area contributed by atoms with E-state index in [0.29, 0.717) is 18.8 Å². The average molecular weight is 349 g/mol. The summed E-state index contributed by atoms with van der Waals surface area (Å²) in [5.41, 5.74) is 0. The molecule has 0 fully saturated rings. The Hall–Kier alpha value is -0.800. The normalized spacial score (nSPS) is 13.1. The lowest BCUT2D eigenvalue weighted by Gasteiger charge is -2.11. The number of aromatic nitrogens is 2. The quantitative estimate of drug-likeness (QED) is 0.561. The predicted molar refractivity (Wildman–Crippen MR) is 70.8 cm³/mol. The van der Waals surface area contributed by atoms with Gasteiger partial charge in [0.05, 0.1) is 0 Å². The van der Waals surface area contributed by atoms with Gasteiger partial charge in [0.2, 0.25) is 0 Å². The summed E-state index contributed by atoms with van der Waals surface area (Å²) >= 11 is 0. The number of rotatable bonds is 7. The first kappa shape index (κ1) is 18.2. The zero-order valence-electron chi connectivity index (χ0n) is 11.5. The van der Waals surface area contributed by atoms with Gasteiger partial charge in [-0.05, 0) is 6.42 Å². The van der Waals surface area contributed by atoms with Crippen LogP contribution in [0.1, 0.15) is 32.0 Å². The van der Waals surface area contributed by atoms with E-state index in [-0.39, 0.29) is 17.6 Å². The molecule has 0 saturated carbocycles. The Morgan fingerprint density at radius 2 is 2.05 bits per heavy atom. The maximum absolute atomic E-state index is 11.9. The molecule has 0 bridgehead atoms. The van der Waals surface area contributed by atoms with Crippen LogP contribution in [0, 0.1) is 0 Å². The molecule has 0 spiro atoms. The highest BCUT2D eigenvalue weighted by Gasteiger charge is 2.27. The molecule has 0 radical (unpaired) electrons. The second-order valence-corrected chi connectivity index (χ2v) is 7.26. The molecule has 21 heavy (non-hydrogen) atoms. The van der Waals surface area contributed by atoms with Gasteiger partial charge in [0.15, 0.2) is 5.03 Å². The van der Waals surface area contributed by atoms with Crippen LogP contribution in [0.2, 0.25) is 0 Å². The van der Waals surface area contributed by atoms with E-state index in [1.807, 2.05) is 13.8 Å². The largest absolute Gasteiger partial charge is 0.411 e. The lowest BCUT2D eigenvalue weighted by atomic mass is 10.2. The van der Waals surface area contributed by atoms with E-state index < -0.39 is 21.8 Å². The minimum Gasteiger partial charge on any atom is -0.372 e. The fourth-order valence-corrected chi connectivity index (χ4v) is 2.37. The van der Waals surface area contributed by atoms with Crippen molar-refractivity contribution in [3.05, 3.63) is 12.0 Å². The number of aryl methyl sites for hydroxylation is 1. The Morgan fingerprint density at radius 3 is 2.52 bits per heavy atom. The summed E-state index contributed by atoms with van der Waals surface area (Å²) < 4.78 is 64.2. The Balaban J connectivity index is 2.64. The van der Waals surface area contributed by atoms with Gasteiger partial charge in [-0.15, -0.1) is 0 Å². The zero-order valence-corrected chi connectivity index (χ0v) is 13.1. The molecule has 1 heterocycles. The van der Waals surface area contributed by atoms with Crippen molar-refractivity contribution < 1.29 is 26.3 Å². The second-order valence-electron chi connectivity index (χ2n) is 4.74. The molecular weight excluding hydrogens is 333 g/mol. The summed E-state index contributed by atoms with van der Waals surface area (Å²) in [6, 6.07) is 0. The van der Waals surface area contributed by atoms with Gasteiger partial charge in [-0.1, -0.05) is 13.8 Å². The number of halogens is 4. The molecule has 1 rings (SSSR count). The molecule has 0 unspecified atom stereocenters. The number of hydrogen-bond acceptors (Lipinski definition) is 4. The summed E-state index contributed by atoms with van der Waals surface area (Å²) in [6.07, 6.45) is -2.77. The fourth-order valence-electron chi connectivity index (χ4n) is 1.69. The van der Waals surface area contributed by atoms with Gasteiger partial charge < -0.3 is 9.30 Å². The first-order chi connectivity index (χ1) is 9.50. The van der Waals surface area contributed by atoms with Crippen LogP contribution in [-0.4, -0.2) is 37.4 Å². The van der Waals surface area contributed by atoms with Crippen molar-refractivity contribution in [2.75, 3.05) is 13.2 Å². The van der Waals surface area contributed by atoms with Crippen molar-refractivity contribution in [1.82, 2.24) is 9.55 Å². The summed E-state index contributed by atoms with van der Waals surface area (Å²) in [5.74, 6) is 0.457. The SMILES string of the molecule is CC(C)c1nc(S(=O)(=O)Cl)cn1CCCOCC(F)(F)F. The Morgan fingerprint density at radius 1 is 1.43 bits per heavy atom. The highest BCUT2D eigenvalue weighted by molar-refractivity contribution is 8.13. The van der Waals surface area contributed by atoms with Crippen molar-refractivity contribution in [2.24, 2.45) is 0 Å². The van der Waals surface area contributed by atoms with E-state index in [0.717, 1.165) is 0 Å². The minimum absolute atomic E-state index is 0.0479. The Kier molecular flexibility index (Phi) is 6.06. The van der Waals surface area contributed by atoms with E-state index in [4.69, 9.17) is 10.7 Å². The van der Waals surface area contributed by atoms with Crippen molar-refractivity contribution in [3.8, 4) is 0 Å². The monoisotopic (exact) mass is 348 g/mol. The first-order valence-electron chi connectivity index (χ1n) is 6.17. The van der Waals surface area contributed by atoms with E-state index in [2.05, 4.69) is 9.72 Å². The van der Waals surface area contributed by atoms with Crippen molar-refractivity contribution in [2.45, 2.75) is 43.9 Å². The molecule has 0 aliphatic heterocycles. The van der Waals surface area contributed by atoms with Crippen LogP contribution in [-0.2, 0) is 20.3 Å². The van der Waals surface area contributed by atoms with Crippen molar-refractivity contribution in [3.63, 3.8) is 0 Å². The number of hydrogen-bond donors (Lipinski definition) is 0. The highest BCUT2D eigenvalue weighted by atomic mass is 35.7. The number of imidazole rings is 1. The van der Waals surface area contributed by atoms with Gasteiger partial charge >= 0.3 is 6.18 Å². The fraction of sp³-hybridized carbons (Fsp3) is 0.727. The molecule has 5 nitrogen and oxygen atoms in total. The third-order valence-electron chi connectivity index (χ3n) is 2.50. The number of ether oxygens (including phenoxy) is 1. The van der Waals surface area contributed by atoms with E-state index in [1.54, 1.807) is 4.57 Å². The molecule has 0 aliphatic rings. The minimum atomic E-state index is -4.35. The molecule has 0 saturated heterocycles. The lowest BCUT2D eigenvalue weighted by molar-refractivity contribution is -0.174. The van der Waals surface area contributed by atoms with Crippen LogP contribution in [0.25, 0.3) is 0 Å². The van der Waals surface area contributed by atoms with Gasteiger partial charge in [0.1, 0.15) is 12.4 Å². The molecule has 0 N–H and O–H groups in total. The topological polar surface area (TPSA) is 61.2 Å². The predicted octanol–water partition coefficient (Wildman–Crippen LogP) is 2.90. The van der Waals surface area contributed by atoms with Gasteiger partial charge in [0.25, 0.3) is 9.05 Å². The lowest BCUT2D eigenvalue weighted by Crippen LogP contribution is -2.18. The van der Waals surface area contributed by atoms with E-state index in [1.165, 1.54) is 6.20 Å². The van der Waals surface area contributed by atoms with Gasteiger partial charge in [-0.3, -0.25) is 0 Å². The van der Waals surface area contributed by atoms with E-state index in [9.17, 15) is 21.6 Å². The smallest absolute Gasteiger partial charge is 0.372 e. The molecule has 0 amide bonds. The summed E-state index contributed by atoms with van der Waals surface area (Å²) in [6.45, 7) is 2.56. The van der Waals surface area contributed by atoms with Gasteiger partial charge in [0, 0.05) is 35.9 Å². The molecule has 0 aliphatic carbocycles. The number of nitrogens with zero attached hydrogens (tertiary/aromatic N) is 2. The summed E-state index contributed by atoms with van der Waals surface area (Å²) in [5, 5.41) is -0.260. The molecular formula is C11H16ClF3N2O3S. The van der Waals surface area contributed by atoms with Crippen LogP contribution in [0.3, 0.4) is 0 Å². The van der Waals surface area contributed by atoms with Crippen LogP contribution in [0.4, 0.5) is 13.2 Å². The Bertz CT molecular complexity index is 570. The third-order valence-corrected chi connectivity index (χ3v) is 3.68. The average Bonchev–Trinajstić information content (AvgIpc) is 2.70. The highest BCUT2D eigenvalue weighted by Crippen LogP contribution is 2.20. The molecule has 122 valence electrons. The third kappa shape index (κ3) is 6.23. The van der Waals surface area contributed by atoms with Gasteiger partial charge in [-0.2, -0.15) is 13.2 Å². The van der Waals surface area contributed by atoms with Gasteiger partial charge in [-0.25, -0.2) is 13.4 Å². The van der Waals surface area contributed by atoms with Crippen LogP contribution >= 0.6 is 10.7 Å². The molecule has 10 heteroatoms. The zero-order chi connectivity index (χ0) is 16.3. The van der Waals surface area contributed by atoms with Crippen LogP contribution in [0.5, 0.6) is 0 Å². The van der Waals surface area contributed by atoms with Crippen molar-refractivity contribution in [1.29, 1.82) is 0 Å². The molecule has 0 aromatic carbocycles. The van der Waals surface area contributed by atoms with Crippen LogP contribution < -0.4 is 0 Å². The maximum Gasteiger partial charge on any atom is 0.411 e.